The summed E-state index contributed by atoms with van der Waals surface area (Å²) >= 11 is 0. The van der Waals surface area contributed by atoms with Gasteiger partial charge in [0.25, 0.3) is 0 Å². The zero-order chi connectivity index (χ0) is 5.41. The van der Waals surface area contributed by atoms with E-state index in [1.165, 1.54) is 12.8 Å². The van der Waals surface area contributed by atoms with Gasteiger partial charge in [0.15, 0.2) is 0 Å². The fourth-order valence-electron chi connectivity index (χ4n) is 0. The molecule has 0 aliphatic heterocycles. The third kappa shape index (κ3) is 22400. The van der Waals surface area contributed by atoms with Crippen LogP contribution in [0, 0.1) is 0 Å². The van der Waals surface area contributed by atoms with Crippen molar-refractivity contribution in [2.45, 2.75) is 40.5 Å². The summed E-state index contributed by atoms with van der Waals surface area (Å²) in [6.07, 6.45) is 2.50. The zero-order valence-electron chi connectivity index (χ0n) is 6.41. The summed E-state index contributed by atoms with van der Waals surface area (Å²) in [6, 6.07) is 0. The molecule has 0 fully saturated rings. The Morgan fingerprint density at radius 2 is 0.625 bits per heavy atom. The van der Waals surface area contributed by atoms with Gasteiger partial charge in [-0.25, -0.2) is 0 Å². The Morgan fingerprint density at radius 3 is 0.625 bits per heavy atom. The molecule has 4 N–H and O–H groups in total. The minimum atomic E-state index is 0. The van der Waals surface area contributed by atoms with E-state index in [2.05, 4.69) is 27.7 Å². The fourth-order valence-corrected chi connectivity index (χ4v) is 0. The van der Waals surface area contributed by atoms with Gasteiger partial charge in [-0.15, -0.1) is 0 Å². The van der Waals surface area contributed by atoms with Crippen LogP contribution < -0.4 is 0 Å². The van der Waals surface area contributed by atoms with E-state index in [0.29, 0.717) is 0 Å². The Bertz CT molecular complexity index is 8.49. The van der Waals surface area contributed by atoms with Crippen LogP contribution in [-0.4, -0.2) is 11.0 Å². The van der Waals surface area contributed by atoms with Crippen molar-refractivity contribution in [2.24, 2.45) is 0 Å². The first-order chi connectivity index (χ1) is 2.83. The molecular formula is C6H20O2. The summed E-state index contributed by atoms with van der Waals surface area (Å²) < 4.78 is 0. The maximum Gasteiger partial charge on any atom is -0.0590 e. The average molecular weight is 124 g/mol. The lowest BCUT2D eigenvalue weighted by Gasteiger charge is -1.48. The molecule has 0 amide bonds. The molecule has 0 radical (unpaired) electrons. The highest BCUT2D eigenvalue weighted by atomic mass is 16.0. The summed E-state index contributed by atoms with van der Waals surface area (Å²) in [6.45, 7) is 8.50. The summed E-state index contributed by atoms with van der Waals surface area (Å²) in [5.74, 6) is 0. The third-order valence-electron chi connectivity index (χ3n) is 0. The molecule has 0 aliphatic carbocycles. The van der Waals surface area contributed by atoms with Crippen LogP contribution in [0.15, 0.2) is 0 Å². The van der Waals surface area contributed by atoms with Crippen LogP contribution in [0.3, 0.4) is 0 Å². The fraction of sp³-hybridized carbons (Fsp3) is 1.00. The first-order valence-corrected chi connectivity index (χ1v) is 2.83. The predicted molar refractivity (Wildman–Crippen MR) is 39.2 cm³/mol. The molecule has 2 heteroatoms. The van der Waals surface area contributed by atoms with Crippen molar-refractivity contribution in [1.29, 1.82) is 0 Å². The first-order valence-electron chi connectivity index (χ1n) is 2.83. The lowest BCUT2D eigenvalue weighted by atomic mass is 10.6. The van der Waals surface area contributed by atoms with Crippen LogP contribution >= 0.6 is 0 Å². The number of hydrogen-bond acceptors (Lipinski definition) is 0. The zero-order valence-corrected chi connectivity index (χ0v) is 6.41. The van der Waals surface area contributed by atoms with Crippen LogP contribution in [0.5, 0.6) is 0 Å². The van der Waals surface area contributed by atoms with Crippen LogP contribution in [0.2, 0.25) is 0 Å². The average Bonchev–Trinajstić information content (AvgIpc) is 1.39. The lowest BCUT2D eigenvalue weighted by Crippen LogP contribution is -1.27. The highest BCUT2D eigenvalue weighted by Crippen LogP contribution is 1.56. The van der Waals surface area contributed by atoms with E-state index in [9.17, 15) is 0 Å². The molecule has 0 unspecified atom stereocenters. The van der Waals surface area contributed by atoms with Crippen molar-refractivity contribution in [3.05, 3.63) is 0 Å². The van der Waals surface area contributed by atoms with Gasteiger partial charge in [0, 0.05) is 0 Å². The van der Waals surface area contributed by atoms with E-state index < -0.39 is 0 Å². The Kier molecular flexibility index (Phi) is 203. The lowest BCUT2D eigenvalue weighted by molar-refractivity contribution is 0.823. The van der Waals surface area contributed by atoms with Crippen molar-refractivity contribution in [3.63, 3.8) is 0 Å². The van der Waals surface area contributed by atoms with E-state index in [1.807, 2.05) is 0 Å². The van der Waals surface area contributed by atoms with Crippen LogP contribution in [0.1, 0.15) is 40.5 Å². The monoisotopic (exact) mass is 124 g/mol. The normalized spacial score (nSPS) is 4.50. The van der Waals surface area contributed by atoms with Crippen molar-refractivity contribution >= 4 is 0 Å². The smallest absolute Gasteiger partial charge is 0.0590 e. The summed E-state index contributed by atoms with van der Waals surface area (Å²) in [5, 5.41) is 0. The molecule has 56 valence electrons. The molecular weight excluding hydrogens is 104 g/mol. The van der Waals surface area contributed by atoms with E-state index in [0.717, 1.165) is 0 Å². The van der Waals surface area contributed by atoms with Gasteiger partial charge in [0.2, 0.25) is 0 Å². The van der Waals surface area contributed by atoms with Crippen LogP contribution in [0.25, 0.3) is 0 Å². The number of rotatable bonds is 0. The minimum absolute atomic E-state index is 0. The minimum Gasteiger partial charge on any atom is -0.412 e. The molecule has 0 heterocycles. The molecule has 0 bridgehead atoms. The Hall–Kier alpha value is -0.0800. The molecule has 0 rings (SSSR count). The van der Waals surface area contributed by atoms with Gasteiger partial charge in [-0.2, -0.15) is 0 Å². The first kappa shape index (κ1) is 24.7. The molecule has 8 heavy (non-hydrogen) atoms. The number of hydrogen-bond donors (Lipinski definition) is 0. The Labute approximate surface area is 52.5 Å². The molecule has 0 aromatic heterocycles. The molecule has 0 saturated heterocycles. The highest BCUT2D eigenvalue weighted by Gasteiger charge is 1.36. The van der Waals surface area contributed by atoms with Gasteiger partial charge in [0.1, 0.15) is 0 Å². The van der Waals surface area contributed by atoms with Gasteiger partial charge in [-0.05, 0) is 0 Å². The van der Waals surface area contributed by atoms with Gasteiger partial charge in [-0.1, -0.05) is 40.5 Å². The quantitative estimate of drug-likeness (QED) is 0.465. The summed E-state index contributed by atoms with van der Waals surface area (Å²) in [4.78, 5) is 0. The predicted octanol–water partition coefficient (Wildman–Crippen LogP) is 1.18. The van der Waals surface area contributed by atoms with Crippen molar-refractivity contribution in [2.75, 3.05) is 0 Å². The van der Waals surface area contributed by atoms with Crippen molar-refractivity contribution in [3.8, 4) is 0 Å². The molecule has 0 aromatic carbocycles. The second-order valence-electron chi connectivity index (χ2n) is 1.41. The maximum atomic E-state index is 2.12. The maximum absolute atomic E-state index is 2.12. The van der Waals surface area contributed by atoms with Crippen molar-refractivity contribution in [1.82, 2.24) is 0 Å². The van der Waals surface area contributed by atoms with Gasteiger partial charge in [0.05, 0.1) is 0 Å². The molecule has 2 nitrogen and oxygen atoms in total. The second-order valence-corrected chi connectivity index (χ2v) is 1.41. The largest absolute Gasteiger partial charge is 0.412 e. The topological polar surface area (TPSA) is 63.0 Å². The van der Waals surface area contributed by atoms with E-state index in [-0.39, 0.29) is 11.0 Å². The van der Waals surface area contributed by atoms with E-state index >= 15 is 0 Å². The van der Waals surface area contributed by atoms with E-state index in [4.69, 9.17) is 0 Å². The third-order valence-corrected chi connectivity index (χ3v) is 0. The molecule has 0 atom stereocenters. The van der Waals surface area contributed by atoms with Crippen molar-refractivity contribution < 1.29 is 11.0 Å². The highest BCUT2D eigenvalue weighted by molar-refractivity contribution is 3.92. The molecule has 0 spiro atoms. The van der Waals surface area contributed by atoms with Crippen LogP contribution in [-0.2, 0) is 0 Å². The molecule has 0 aliphatic rings. The Balaban J connectivity index is -0.0000000160. The molecule has 0 aromatic rings. The van der Waals surface area contributed by atoms with Gasteiger partial charge < -0.3 is 11.0 Å². The van der Waals surface area contributed by atoms with E-state index in [1.54, 1.807) is 0 Å². The second kappa shape index (κ2) is 65.8. The molecule has 0 saturated carbocycles. The SMILES string of the molecule is CCC.CCC.O.O. The summed E-state index contributed by atoms with van der Waals surface area (Å²) in [7, 11) is 0. The van der Waals surface area contributed by atoms with Crippen LogP contribution in [0.4, 0.5) is 0 Å². The van der Waals surface area contributed by atoms with Gasteiger partial charge in [-0.3, -0.25) is 0 Å². The van der Waals surface area contributed by atoms with Gasteiger partial charge >= 0.3 is 0 Å². The standard InChI is InChI=1S/2C3H8.2H2O/c2*1-3-2;;/h2*3H2,1-2H3;2*1H2. The Morgan fingerprint density at radius 1 is 0.625 bits per heavy atom. The summed E-state index contributed by atoms with van der Waals surface area (Å²) in [5.41, 5.74) is 0.